The highest BCUT2D eigenvalue weighted by Crippen LogP contribution is 2.32. The molecule has 5 nitrogen and oxygen atoms in total. The van der Waals surface area contributed by atoms with Crippen LogP contribution in [0.25, 0.3) is 16.9 Å². The summed E-state index contributed by atoms with van der Waals surface area (Å²) in [6, 6.07) is 13.5. The Kier molecular flexibility index (Phi) is 3.93. The number of benzene rings is 2. The molecule has 116 valence electrons. The highest BCUT2D eigenvalue weighted by Gasteiger charge is 2.19. The van der Waals surface area contributed by atoms with Gasteiger partial charge >= 0.3 is 0 Å². The van der Waals surface area contributed by atoms with Gasteiger partial charge in [-0.25, -0.2) is 4.68 Å². The molecule has 0 amide bonds. The monoisotopic (exact) mass is 307 g/mol. The number of carbonyl (C=O) groups is 1. The van der Waals surface area contributed by atoms with Crippen molar-refractivity contribution in [3.63, 3.8) is 0 Å². The van der Waals surface area contributed by atoms with E-state index in [0.717, 1.165) is 16.8 Å². The molecule has 0 aliphatic carbocycles. The molecule has 1 heterocycles. The van der Waals surface area contributed by atoms with Crippen LogP contribution in [-0.2, 0) is 0 Å². The van der Waals surface area contributed by atoms with Crippen LogP contribution in [0.4, 0.5) is 0 Å². The van der Waals surface area contributed by atoms with Gasteiger partial charge in [-0.2, -0.15) is 0 Å². The highest BCUT2D eigenvalue weighted by atomic mass is 16.5. The van der Waals surface area contributed by atoms with Gasteiger partial charge in [-0.1, -0.05) is 23.4 Å². The number of aryl methyl sites for hydroxylation is 2. The fourth-order valence-corrected chi connectivity index (χ4v) is 2.50. The van der Waals surface area contributed by atoms with E-state index in [2.05, 4.69) is 17.2 Å². The van der Waals surface area contributed by atoms with E-state index in [0.29, 0.717) is 17.7 Å². The fourth-order valence-electron chi connectivity index (χ4n) is 2.50. The first-order valence-electron chi connectivity index (χ1n) is 7.27. The van der Waals surface area contributed by atoms with Crippen LogP contribution in [0.5, 0.6) is 5.75 Å². The van der Waals surface area contributed by atoms with Gasteiger partial charge in [0.05, 0.1) is 12.8 Å². The summed E-state index contributed by atoms with van der Waals surface area (Å²) in [5.41, 5.74) is 4.89. The second-order valence-corrected chi connectivity index (χ2v) is 5.32. The van der Waals surface area contributed by atoms with E-state index in [1.807, 2.05) is 49.4 Å². The Hall–Kier alpha value is -2.95. The normalized spacial score (nSPS) is 10.6. The van der Waals surface area contributed by atoms with Gasteiger partial charge < -0.3 is 4.74 Å². The van der Waals surface area contributed by atoms with E-state index < -0.39 is 0 Å². The van der Waals surface area contributed by atoms with Crippen LogP contribution in [0.2, 0.25) is 0 Å². The van der Waals surface area contributed by atoms with E-state index >= 15 is 0 Å². The van der Waals surface area contributed by atoms with Gasteiger partial charge in [-0.3, -0.25) is 4.79 Å². The summed E-state index contributed by atoms with van der Waals surface area (Å²) in [6.07, 6.45) is 0.715. The molecular weight excluding hydrogens is 290 g/mol. The van der Waals surface area contributed by atoms with Gasteiger partial charge in [-0.05, 0) is 49.2 Å². The molecular formula is C18H17N3O2. The predicted molar refractivity (Wildman–Crippen MR) is 88.2 cm³/mol. The predicted octanol–water partition coefficient (Wildman–Crippen LogP) is 3.37. The first-order valence-corrected chi connectivity index (χ1v) is 7.27. The lowest BCUT2D eigenvalue weighted by molar-refractivity contribution is 0.111. The van der Waals surface area contributed by atoms with Crippen molar-refractivity contribution in [3.05, 3.63) is 59.3 Å². The molecule has 23 heavy (non-hydrogen) atoms. The zero-order chi connectivity index (χ0) is 16.4. The van der Waals surface area contributed by atoms with E-state index in [-0.39, 0.29) is 5.69 Å². The minimum Gasteiger partial charge on any atom is -0.496 e. The summed E-state index contributed by atoms with van der Waals surface area (Å²) in [4.78, 5) is 11.4. The zero-order valence-electron chi connectivity index (χ0n) is 13.3. The first kappa shape index (κ1) is 15.0. The molecule has 0 unspecified atom stereocenters. The smallest absolute Gasteiger partial charge is 0.172 e. The number of aldehydes is 1. The Morgan fingerprint density at radius 3 is 2.57 bits per heavy atom. The molecule has 1 aromatic heterocycles. The van der Waals surface area contributed by atoms with E-state index in [1.54, 1.807) is 11.8 Å². The molecule has 0 saturated carbocycles. The minimum absolute atomic E-state index is 0.285. The molecule has 0 fully saturated rings. The number of hydrogen-bond acceptors (Lipinski definition) is 4. The van der Waals surface area contributed by atoms with Gasteiger partial charge in [0.2, 0.25) is 0 Å². The SMILES string of the molecule is COc1ccccc1-c1c(C=O)nnn1-c1ccc(C)c(C)c1. The van der Waals surface area contributed by atoms with Crippen molar-refractivity contribution in [2.24, 2.45) is 0 Å². The Morgan fingerprint density at radius 2 is 1.87 bits per heavy atom. The van der Waals surface area contributed by atoms with E-state index in [9.17, 15) is 4.79 Å². The van der Waals surface area contributed by atoms with Gasteiger partial charge in [0, 0.05) is 5.56 Å². The number of rotatable bonds is 4. The van der Waals surface area contributed by atoms with E-state index in [4.69, 9.17) is 4.74 Å². The molecule has 0 saturated heterocycles. The summed E-state index contributed by atoms with van der Waals surface area (Å²) < 4.78 is 7.09. The molecule has 3 rings (SSSR count). The molecule has 0 aliphatic rings. The largest absolute Gasteiger partial charge is 0.496 e. The third-order valence-corrected chi connectivity index (χ3v) is 3.91. The van der Waals surface area contributed by atoms with Gasteiger partial charge in [0.25, 0.3) is 0 Å². The maximum absolute atomic E-state index is 11.4. The van der Waals surface area contributed by atoms with Gasteiger partial charge in [-0.15, -0.1) is 5.10 Å². The molecule has 2 aromatic carbocycles. The lowest BCUT2D eigenvalue weighted by Gasteiger charge is -2.12. The Labute approximate surface area is 134 Å². The van der Waals surface area contributed by atoms with Crippen molar-refractivity contribution in [1.82, 2.24) is 15.0 Å². The van der Waals surface area contributed by atoms with Crippen molar-refractivity contribution in [2.75, 3.05) is 7.11 Å². The summed E-state index contributed by atoms with van der Waals surface area (Å²) in [7, 11) is 1.60. The molecule has 0 radical (unpaired) electrons. The summed E-state index contributed by atoms with van der Waals surface area (Å²) in [5.74, 6) is 0.669. The number of nitrogens with zero attached hydrogens (tertiary/aromatic N) is 3. The van der Waals surface area contributed by atoms with Crippen molar-refractivity contribution in [2.45, 2.75) is 13.8 Å². The molecule has 5 heteroatoms. The number of hydrogen-bond donors (Lipinski definition) is 0. The summed E-state index contributed by atoms with van der Waals surface area (Å²) in [5, 5.41) is 8.16. The van der Waals surface area contributed by atoms with Crippen LogP contribution in [0.1, 0.15) is 21.6 Å². The molecule has 3 aromatic rings. The third-order valence-electron chi connectivity index (χ3n) is 3.91. The Morgan fingerprint density at radius 1 is 1.09 bits per heavy atom. The fraction of sp³-hybridized carbons (Fsp3) is 0.167. The number of para-hydroxylation sites is 1. The van der Waals surface area contributed by atoms with Gasteiger partial charge in [0.15, 0.2) is 12.0 Å². The molecule has 0 aliphatic heterocycles. The summed E-state index contributed by atoms with van der Waals surface area (Å²) >= 11 is 0. The molecule has 0 bridgehead atoms. The maximum atomic E-state index is 11.4. The lowest BCUT2D eigenvalue weighted by atomic mass is 10.1. The second kappa shape index (κ2) is 6.04. The van der Waals surface area contributed by atoms with E-state index in [1.165, 1.54) is 5.56 Å². The summed E-state index contributed by atoms with van der Waals surface area (Å²) in [6.45, 7) is 4.09. The topological polar surface area (TPSA) is 57.0 Å². The minimum atomic E-state index is 0.285. The standard InChI is InChI=1S/C18H17N3O2/c1-12-8-9-14(10-13(12)2)21-18(16(11-22)19-20-21)15-6-4-5-7-17(15)23-3/h4-11H,1-3H3. The van der Waals surface area contributed by atoms with Crippen LogP contribution < -0.4 is 4.74 Å². The number of ether oxygens (including phenoxy) is 1. The Balaban J connectivity index is 2.26. The van der Waals surface area contributed by atoms with Crippen molar-refractivity contribution < 1.29 is 9.53 Å². The van der Waals surface area contributed by atoms with Crippen LogP contribution in [0.15, 0.2) is 42.5 Å². The first-order chi connectivity index (χ1) is 11.2. The molecule has 0 atom stereocenters. The molecule has 0 spiro atoms. The van der Waals surface area contributed by atoms with Crippen LogP contribution in [0.3, 0.4) is 0 Å². The maximum Gasteiger partial charge on any atom is 0.172 e. The van der Waals surface area contributed by atoms with Crippen molar-refractivity contribution in [1.29, 1.82) is 0 Å². The average Bonchev–Trinajstić information content (AvgIpc) is 3.01. The zero-order valence-corrected chi connectivity index (χ0v) is 13.3. The van der Waals surface area contributed by atoms with Gasteiger partial charge in [0.1, 0.15) is 11.4 Å². The quantitative estimate of drug-likeness (QED) is 0.693. The second-order valence-electron chi connectivity index (χ2n) is 5.32. The number of methoxy groups -OCH3 is 1. The van der Waals surface area contributed by atoms with Crippen molar-refractivity contribution in [3.8, 4) is 22.7 Å². The Bertz CT molecular complexity index is 868. The number of carbonyl (C=O) groups excluding carboxylic acids is 1. The van der Waals surface area contributed by atoms with Crippen LogP contribution >= 0.6 is 0 Å². The van der Waals surface area contributed by atoms with Crippen LogP contribution in [-0.4, -0.2) is 28.4 Å². The third kappa shape index (κ3) is 2.61. The van der Waals surface area contributed by atoms with Crippen molar-refractivity contribution >= 4 is 6.29 Å². The lowest BCUT2D eigenvalue weighted by Crippen LogP contribution is -2.02. The molecule has 0 N–H and O–H groups in total. The number of aromatic nitrogens is 3. The highest BCUT2D eigenvalue weighted by molar-refractivity contribution is 5.86. The van der Waals surface area contributed by atoms with Crippen LogP contribution in [0, 0.1) is 13.8 Å². The average molecular weight is 307 g/mol.